The van der Waals surface area contributed by atoms with Crippen molar-refractivity contribution >= 4 is 131 Å². The molecular formula is C63H23F15N6. The van der Waals surface area contributed by atoms with Gasteiger partial charge in [-0.1, -0.05) is 72.8 Å². The van der Waals surface area contributed by atoms with E-state index in [4.69, 9.17) is 4.98 Å². The molecule has 0 saturated heterocycles. The summed E-state index contributed by atoms with van der Waals surface area (Å²) in [6.45, 7) is 0. The van der Waals surface area contributed by atoms with E-state index in [1.807, 2.05) is 0 Å². The van der Waals surface area contributed by atoms with Gasteiger partial charge in [-0.2, -0.15) is 0 Å². The van der Waals surface area contributed by atoms with Crippen LogP contribution in [0.3, 0.4) is 0 Å². The van der Waals surface area contributed by atoms with Gasteiger partial charge >= 0.3 is 0 Å². The van der Waals surface area contributed by atoms with Crippen molar-refractivity contribution in [1.29, 1.82) is 0 Å². The third kappa shape index (κ3) is 6.26. The van der Waals surface area contributed by atoms with E-state index in [2.05, 4.69) is 24.9 Å². The number of H-pyrrole nitrogens is 5. The second kappa shape index (κ2) is 16.8. The first kappa shape index (κ1) is 49.4. The average molecular weight is 1150 g/mol. The van der Waals surface area contributed by atoms with Crippen LogP contribution in [-0.2, 0) is 0 Å². The molecule has 84 heavy (non-hydrogen) atoms. The summed E-state index contributed by atoms with van der Waals surface area (Å²) in [6.07, 6.45) is 0. The van der Waals surface area contributed by atoms with Crippen molar-refractivity contribution in [3.05, 3.63) is 196 Å². The summed E-state index contributed by atoms with van der Waals surface area (Å²) >= 11 is 0. The van der Waals surface area contributed by atoms with Crippen molar-refractivity contribution in [2.75, 3.05) is 0 Å². The fourth-order valence-corrected chi connectivity index (χ4v) is 12.5. The van der Waals surface area contributed by atoms with Crippen LogP contribution < -0.4 is 0 Å². The van der Waals surface area contributed by atoms with Gasteiger partial charge in [-0.25, -0.2) is 70.8 Å². The van der Waals surface area contributed by atoms with Gasteiger partial charge in [-0.3, -0.25) is 0 Å². The molecule has 5 N–H and O–H groups in total. The molecule has 21 heteroatoms. The van der Waals surface area contributed by atoms with Crippen LogP contribution in [0, 0.1) is 87.3 Å². The van der Waals surface area contributed by atoms with Gasteiger partial charge in [0.1, 0.15) is 0 Å². The quantitative estimate of drug-likeness (QED) is 0.0681. The average Bonchev–Trinajstić information content (AvgIpc) is 2.15. The van der Waals surface area contributed by atoms with Gasteiger partial charge in [0, 0.05) is 76.6 Å². The maximum Gasteiger partial charge on any atom is 0.200 e. The smallest absolute Gasteiger partial charge is 0.200 e. The number of aromatic nitrogens is 6. The predicted molar refractivity (Wildman–Crippen MR) is 291 cm³/mol. The van der Waals surface area contributed by atoms with E-state index in [0.29, 0.717) is 32.3 Å². The highest BCUT2D eigenvalue weighted by Crippen LogP contribution is 2.48. The Morgan fingerprint density at radius 1 is 0.214 bits per heavy atom. The Hall–Kier alpha value is -10.4. The molecule has 0 aliphatic carbocycles. The highest BCUT2D eigenvalue weighted by atomic mass is 19.2. The summed E-state index contributed by atoms with van der Waals surface area (Å²) in [6, 6.07) is 27.4. The van der Waals surface area contributed by atoms with Crippen molar-refractivity contribution in [2.45, 2.75) is 0 Å². The fourth-order valence-electron chi connectivity index (χ4n) is 12.5. The largest absolute Gasteiger partial charge is 0.353 e. The molecule has 0 radical (unpaired) electrons. The summed E-state index contributed by atoms with van der Waals surface area (Å²) < 4.78 is 239. The number of benzene rings is 9. The first-order valence-electron chi connectivity index (χ1n) is 25.2. The fraction of sp³-hybridized carbons (Fsp3) is 0. The van der Waals surface area contributed by atoms with Crippen molar-refractivity contribution < 1.29 is 65.9 Å². The second-order valence-corrected chi connectivity index (χ2v) is 20.4. The first-order valence-corrected chi connectivity index (χ1v) is 25.2. The van der Waals surface area contributed by atoms with Gasteiger partial charge in [0.25, 0.3) is 0 Å². The van der Waals surface area contributed by atoms with Gasteiger partial charge in [-0.15, -0.1) is 0 Å². The third-order valence-electron chi connectivity index (χ3n) is 16.1. The van der Waals surface area contributed by atoms with E-state index in [-0.39, 0.29) is 93.0 Å². The molecule has 0 aliphatic rings. The van der Waals surface area contributed by atoms with Gasteiger partial charge in [0.15, 0.2) is 69.8 Å². The van der Waals surface area contributed by atoms with E-state index in [1.54, 1.807) is 72.8 Å². The lowest BCUT2D eigenvalue weighted by Crippen LogP contribution is -2.04. The summed E-state index contributed by atoms with van der Waals surface area (Å²) in [5.41, 5.74) is -8.45. The van der Waals surface area contributed by atoms with Crippen LogP contribution >= 0.6 is 0 Å². The number of rotatable bonds is 3. The van der Waals surface area contributed by atoms with Crippen LogP contribution in [0.2, 0.25) is 0 Å². The number of halogens is 15. The minimum absolute atomic E-state index is 0.00797. The zero-order valence-electron chi connectivity index (χ0n) is 41.5. The second-order valence-electron chi connectivity index (χ2n) is 20.4. The lowest BCUT2D eigenvalue weighted by atomic mass is 10.00. The Morgan fingerprint density at radius 2 is 0.440 bits per heavy atom. The molecule has 7 aromatic heterocycles. The molecule has 0 unspecified atom stereocenters. The molecule has 0 aliphatic heterocycles. The molecule has 9 aromatic carbocycles. The molecule has 0 fully saturated rings. The number of nitrogens with zero attached hydrogens (tertiary/aromatic N) is 1. The topological polar surface area (TPSA) is 91.8 Å². The zero-order valence-corrected chi connectivity index (χ0v) is 41.5. The number of nitrogens with one attached hydrogen (secondary N) is 5. The summed E-state index contributed by atoms with van der Waals surface area (Å²) in [5.74, 6) is -35.1. The van der Waals surface area contributed by atoms with Gasteiger partial charge in [-0.05, 0) is 68.7 Å². The molecule has 6 nitrogen and oxygen atoms in total. The first-order chi connectivity index (χ1) is 40.4. The Labute approximate surface area is 455 Å². The highest BCUT2D eigenvalue weighted by molar-refractivity contribution is 6.30. The molecule has 7 heterocycles. The molecule has 410 valence electrons. The summed E-state index contributed by atoms with van der Waals surface area (Å²) in [7, 11) is 0. The number of aromatic amines is 5. The molecule has 0 atom stereocenters. The Balaban J connectivity index is 1.22. The minimum Gasteiger partial charge on any atom is -0.353 e. The van der Waals surface area contributed by atoms with Crippen molar-refractivity contribution in [3.8, 4) is 33.4 Å². The van der Waals surface area contributed by atoms with Crippen LogP contribution in [0.25, 0.3) is 164 Å². The lowest BCUT2D eigenvalue weighted by Gasteiger charge is -2.09. The highest BCUT2D eigenvalue weighted by Gasteiger charge is 2.34. The molecule has 0 amide bonds. The third-order valence-corrected chi connectivity index (χ3v) is 16.1. The molecule has 16 rings (SSSR count). The van der Waals surface area contributed by atoms with E-state index in [9.17, 15) is 13.2 Å². The maximum atomic E-state index is 16.7. The summed E-state index contributed by atoms with van der Waals surface area (Å²) in [5, 5.41) is 3.42. The van der Waals surface area contributed by atoms with E-state index in [1.165, 1.54) is 36.4 Å². The van der Waals surface area contributed by atoms with Crippen molar-refractivity contribution in [2.24, 2.45) is 0 Å². The van der Waals surface area contributed by atoms with Crippen LogP contribution in [0.5, 0.6) is 0 Å². The molecular weight excluding hydrogens is 1130 g/mol. The van der Waals surface area contributed by atoms with Crippen LogP contribution in [-0.4, -0.2) is 29.9 Å². The van der Waals surface area contributed by atoms with Crippen molar-refractivity contribution in [3.63, 3.8) is 0 Å². The Kier molecular flexibility index (Phi) is 9.90. The van der Waals surface area contributed by atoms with Crippen LogP contribution in [0.15, 0.2) is 109 Å². The van der Waals surface area contributed by atoms with Gasteiger partial charge < -0.3 is 24.9 Å². The number of fused-ring (bicyclic) bond motifs is 15. The number of hydrogen-bond donors (Lipinski definition) is 5. The number of hydrogen-bond acceptors (Lipinski definition) is 1. The maximum absolute atomic E-state index is 16.7. The van der Waals surface area contributed by atoms with E-state index < -0.39 is 126 Å². The monoisotopic (exact) mass is 1150 g/mol. The minimum atomic E-state index is -2.49. The zero-order chi connectivity index (χ0) is 58.0. The predicted octanol–water partition coefficient (Wildman–Crippen LogP) is 19.2. The van der Waals surface area contributed by atoms with E-state index in [0.717, 1.165) is 0 Å². The van der Waals surface area contributed by atoms with Gasteiger partial charge in [0.05, 0.1) is 55.3 Å². The van der Waals surface area contributed by atoms with Crippen LogP contribution in [0.4, 0.5) is 65.9 Å². The molecule has 16 aromatic rings. The lowest BCUT2D eigenvalue weighted by molar-refractivity contribution is 0.381. The SMILES string of the molecule is Fc1c(F)c(F)c(-c2c3cc4c5ccccc5c5cc([nH]c5c4n3)c(-c3c(F)c(F)c(F)c(F)c3F)c3cc4c5ccccc5c5cc([nH]c5c4[nH]3)c(-c3c(F)c(F)c(F)c(F)c3F)c3cc4c5ccccc5c5cc2[nH]c5c4[nH]3)c(F)c1F. The molecule has 0 saturated carbocycles. The molecule has 0 spiro atoms. The van der Waals surface area contributed by atoms with Gasteiger partial charge in [0.2, 0.25) is 17.5 Å². The van der Waals surface area contributed by atoms with E-state index >= 15 is 52.7 Å². The Morgan fingerprint density at radius 3 is 0.738 bits per heavy atom. The van der Waals surface area contributed by atoms with Crippen LogP contribution in [0.1, 0.15) is 0 Å². The Bertz CT molecular complexity index is 4930. The van der Waals surface area contributed by atoms with Crippen molar-refractivity contribution in [1.82, 2.24) is 29.9 Å². The standard InChI is InChI=1S/C63H23F15N6/c64-43-40(44(65)50(71)55(76)49(43)70)37-31-13-25-19-7-1-2-8-20(19)26-14-32(80-59(26)58(25)79-31)38(41-45(66)51(72)56(77)52(73)46(41)67)34-16-28-23-11-5-6-12-24(23)30-18-36(84-63(30)62(28)82-34)39(42-47(68)53(74)57(78)54(75)48(42)69)35-17-29-22-10-4-3-9-21(22)27-15-33(37)81-60(27)61(29)83-35/h1-18,79-83H. The normalized spacial score (nSPS) is 12.5. The molecule has 12 bridgehead atoms. The summed E-state index contributed by atoms with van der Waals surface area (Å²) in [4.78, 5) is 20.2.